The number of ether oxygens (including phenoxy) is 2. The highest BCUT2D eigenvalue weighted by Gasteiger charge is 2.29. The largest absolute Gasteiger partial charge is 0.494 e. The summed E-state index contributed by atoms with van der Waals surface area (Å²) in [7, 11) is 1.64. The lowest BCUT2D eigenvalue weighted by Crippen LogP contribution is -2.51. The van der Waals surface area contributed by atoms with E-state index in [4.69, 9.17) is 20.9 Å². The number of carbonyl (C=O) groups is 1. The molecule has 6 N–H and O–H groups in total. The number of nitrogens with two attached hydrogens (primary N) is 2. The summed E-state index contributed by atoms with van der Waals surface area (Å²) in [6, 6.07) is 6.34. The molecule has 11 nitrogen and oxygen atoms in total. The van der Waals surface area contributed by atoms with Crippen LogP contribution in [0.3, 0.4) is 0 Å². The van der Waals surface area contributed by atoms with Gasteiger partial charge in [0, 0.05) is 63.1 Å². The molecule has 0 unspecified atom stereocenters. The Bertz CT molecular complexity index is 1110. The highest BCUT2D eigenvalue weighted by Crippen LogP contribution is 2.34. The van der Waals surface area contributed by atoms with Crippen LogP contribution in [0.4, 0.5) is 34.6 Å². The second-order valence-electron chi connectivity index (χ2n) is 10.4. The van der Waals surface area contributed by atoms with Crippen molar-refractivity contribution in [2.24, 2.45) is 5.92 Å². The maximum absolute atomic E-state index is 12.9. The number of carbonyl (C=O) groups excluding carboxylic acids is 1. The molecule has 2 aromatic rings. The average molecular weight is 525 g/mol. The van der Waals surface area contributed by atoms with Crippen molar-refractivity contribution >= 4 is 40.6 Å². The van der Waals surface area contributed by atoms with E-state index in [1.54, 1.807) is 7.11 Å². The van der Waals surface area contributed by atoms with Gasteiger partial charge in [-0.3, -0.25) is 4.79 Å². The van der Waals surface area contributed by atoms with Crippen molar-refractivity contribution in [3.05, 3.63) is 18.2 Å². The van der Waals surface area contributed by atoms with E-state index in [-0.39, 0.29) is 17.6 Å². The number of piperazine rings is 1. The third-order valence-corrected chi connectivity index (χ3v) is 7.88. The number of hydrogen-bond donors (Lipinski definition) is 4. The molecule has 38 heavy (non-hydrogen) atoms. The molecule has 1 amide bonds. The van der Waals surface area contributed by atoms with Gasteiger partial charge in [-0.05, 0) is 37.8 Å². The van der Waals surface area contributed by atoms with Gasteiger partial charge in [0.05, 0.1) is 12.8 Å². The standard InChI is InChI=1S/C27H40N8O3/c1-37-22-17-20(34-11-13-35(14-12-34)26(36)18-9-15-38-16-10-18)7-8-21(22)31-27-32-24(29)23(28)25(33-27)30-19-5-3-2-4-6-19/h7-8,17-19H,2-6,9-16,28H2,1H3,(H4,29,30,31,32,33). The summed E-state index contributed by atoms with van der Waals surface area (Å²) in [5.41, 5.74) is 14.5. The lowest BCUT2D eigenvalue weighted by molar-refractivity contribution is -0.138. The fraction of sp³-hybridized carbons (Fsp3) is 0.593. The summed E-state index contributed by atoms with van der Waals surface area (Å²) in [6.45, 7) is 4.35. The number of nitrogens with one attached hydrogen (secondary N) is 2. The Morgan fingerprint density at radius 3 is 2.47 bits per heavy atom. The van der Waals surface area contributed by atoms with Gasteiger partial charge in [-0.25, -0.2) is 0 Å². The quantitative estimate of drug-likeness (QED) is 0.426. The monoisotopic (exact) mass is 524 g/mol. The molecule has 3 aliphatic rings. The smallest absolute Gasteiger partial charge is 0.231 e. The number of amides is 1. The Labute approximate surface area is 224 Å². The van der Waals surface area contributed by atoms with E-state index in [0.717, 1.165) is 50.1 Å². The molecule has 0 bridgehead atoms. The molecule has 11 heteroatoms. The third kappa shape index (κ3) is 5.98. The van der Waals surface area contributed by atoms with Gasteiger partial charge in [0.1, 0.15) is 11.4 Å². The molecule has 3 fully saturated rings. The van der Waals surface area contributed by atoms with E-state index in [0.29, 0.717) is 55.5 Å². The van der Waals surface area contributed by atoms with Gasteiger partial charge >= 0.3 is 0 Å². The summed E-state index contributed by atoms with van der Waals surface area (Å²) < 4.78 is 11.1. The van der Waals surface area contributed by atoms with Gasteiger partial charge in [0.25, 0.3) is 0 Å². The molecule has 2 aliphatic heterocycles. The van der Waals surface area contributed by atoms with Crippen LogP contribution >= 0.6 is 0 Å². The lowest BCUT2D eigenvalue weighted by atomic mass is 9.95. The first-order valence-corrected chi connectivity index (χ1v) is 13.8. The molecule has 0 atom stereocenters. The van der Waals surface area contributed by atoms with Crippen LogP contribution in [-0.4, -0.2) is 73.3 Å². The van der Waals surface area contributed by atoms with Crippen LogP contribution in [-0.2, 0) is 9.53 Å². The Balaban J connectivity index is 1.24. The minimum atomic E-state index is 0.101. The zero-order valence-corrected chi connectivity index (χ0v) is 22.2. The molecule has 1 aliphatic carbocycles. The second-order valence-corrected chi connectivity index (χ2v) is 10.4. The fourth-order valence-corrected chi connectivity index (χ4v) is 5.58. The Hall–Kier alpha value is -3.47. The van der Waals surface area contributed by atoms with E-state index >= 15 is 0 Å². The SMILES string of the molecule is COc1cc(N2CCN(C(=O)C3CCOCC3)CC2)ccc1Nc1nc(N)c(N)c(NC2CCCCC2)n1. The number of anilines is 6. The normalized spacial score (nSPS) is 19.3. The Morgan fingerprint density at radius 1 is 1.03 bits per heavy atom. The van der Waals surface area contributed by atoms with E-state index in [9.17, 15) is 4.79 Å². The van der Waals surface area contributed by atoms with E-state index in [2.05, 4.69) is 25.5 Å². The first-order chi connectivity index (χ1) is 18.5. The maximum atomic E-state index is 12.9. The molecule has 2 saturated heterocycles. The van der Waals surface area contributed by atoms with Crippen molar-refractivity contribution in [2.75, 3.05) is 73.5 Å². The molecular weight excluding hydrogens is 484 g/mol. The average Bonchev–Trinajstić information content (AvgIpc) is 2.96. The van der Waals surface area contributed by atoms with Crippen LogP contribution in [0, 0.1) is 5.92 Å². The van der Waals surface area contributed by atoms with Crippen molar-refractivity contribution < 1.29 is 14.3 Å². The summed E-state index contributed by atoms with van der Waals surface area (Å²) in [6.07, 6.45) is 7.52. The Kier molecular flexibility index (Phi) is 8.21. The molecule has 1 aromatic heterocycles. The van der Waals surface area contributed by atoms with Crippen molar-refractivity contribution in [3.63, 3.8) is 0 Å². The molecule has 0 radical (unpaired) electrons. The van der Waals surface area contributed by atoms with Gasteiger partial charge in [-0.1, -0.05) is 19.3 Å². The second kappa shape index (κ2) is 11.9. The molecule has 3 heterocycles. The molecular formula is C27H40N8O3. The van der Waals surface area contributed by atoms with E-state index in [1.807, 2.05) is 23.1 Å². The molecule has 1 aromatic carbocycles. The number of nitrogens with zero attached hydrogens (tertiary/aromatic N) is 4. The fourth-order valence-electron chi connectivity index (χ4n) is 5.58. The highest BCUT2D eigenvalue weighted by molar-refractivity contribution is 5.79. The van der Waals surface area contributed by atoms with Gasteiger partial charge in [0.2, 0.25) is 11.9 Å². The summed E-state index contributed by atoms with van der Waals surface area (Å²) >= 11 is 0. The van der Waals surface area contributed by atoms with Crippen molar-refractivity contribution in [1.29, 1.82) is 0 Å². The number of rotatable bonds is 7. The molecule has 206 valence electrons. The molecule has 5 rings (SSSR count). The maximum Gasteiger partial charge on any atom is 0.231 e. The Morgan fingerprint density at radius 2 is 1.76 bits per heavy atom. The topological polar surface area (TPSA) is 144 Å². The summed E-state index contributed by atoms with van der Waals surface area (Å²) in [5.74, 6) is 2.21. The lowest BCUT2D eigenvalue weighted by Gasteiger charge is -2.38. The number of aromatic nitrogens is 2. The van der Waals surface area contributed by atoms with Crippen LogP contribution in [0.5, 0.6) is 5.75 Å². The van der Waals surface area contributed by atoms with Crippen LogP contribution in [0.2, 0.25) is 0 Å². The first-order valence-electron chi connectivity index (χ1n) is 13.8. The number of benzene rings is 1. The van der Waals surface area contributed by atoms with Crippen molar-refractivity contribution in [3.8, 4) is 5.75 Å². The zero-order valence-electron chi connectivity index (χ0n) is 22.2. The van der Waals surface area contributed by atoms with Gasteiger partial charge in [-0.15, -0.1) is 0 Å². The molecule has 1 saturated carbocycles. The van der Waals surface area contributed by atoms with E-state index in [1.165, 1.54) is 19.3 Å². The van der Waals surface area contributed by atoms with Crippen molar-refractivity contribution in [2.45, 2.75) is 51.0 Å². The van der Waals surface area contributed by atoms with E-state index < -0.39 is 0 Å². The van der Waals surface area contributed by atoms with Crippen LogP contribution in [0.25, 0.3) is 0 Å². The third-order valence-electron chi connectivity index (χ3n) is 7.88. The minimum Gasteiger partial charge on any atom is -0.494 e. The van der Waals surface area contributed by atoms with Gasteiger partial charge < -0.3 is 41.4 Å². The predicted octanol–water partition coefficient (Wildman–Crippen LogP) is 3.21. The van der Waals surface area contributed by atoms with Gasteiger partial charge in [-0.2, -0.15) is 9.97 Å². The summed E-state index contributed by atoms with van der Waals surface area (Å²) in [4.78, 5) is 26.1. The zero-order chi connectivity index (χ0) is 26.5. The van der Waals surface area contributed by atoms with Crippen LogP contribution in [0.15, 0.2) is 18.2 Å². The number of nitrogen functional groups attached to an aromatic ring is 2. The first kappa shape index (κ1) is 26.1. The minimum absolute atomic E-state index is 0.101. The molecule has 0 spiro atoms. The summed E-state index contributed by atoms with van der Waals surface area (Å²) in [5, 5.41) is 6.71. The van der Waals surface area contributed by atoms with Crippen molar-refractivity contribution in [1.82, 2.24) is 14.9 Å². The van der Waals surface area contributed by atoms with Crippen LogP contribution in [0.1, 0.15) is 44.9 Å². The van der Waals surface area contributed by atoms with Crippen LogP contribution < -0.4 is 31.7 Å². The predicted molar refractivity (Wildman–Crippen MR) is 150 cm³/mol. The number of methoxy groups -OCH3 is 1. The highest BCUT2D eigenvalue weighted by atomic mass is 16.5. The van der Waals surface area contributed by atoms with Gasteiger partial charge in [0.15, 0.2) is 11.6 Å². The number of hydrogen-bond acceptors (Lipinski definition) is 10.